The number of pyridine rings is 1. The van der Waals surface area contributed by atoms with Crippen LogP contribution in [0.15, 0.2) is 30.3 Å². The van der Waals surface area contributed by atoms with Crippen LogP contribution >= 0.6 is 11.6 Å². The molecular formula is C15H15ClN2O3. The summed E-state index contributed by atoms with van der Waals surface area (Å²) < 4.78 is 5.12. The summed E-state index contributed by atoms with van der Waals surface area (Å²) in [4.78, 5) is 16.3. The highest BCUT2D eigenvalue weighted by atomic mass is 35.5. The number of hydrogen-bond donors (Lipinski definition) is 2. The monoisotopic (exact) mass is 306 g/mol. The van der Waals surface area contributed by atoms with Crippen molar-refractivity contribution in [3.63, 3.8) is 0 Å². The standard InChI is InChI=1S/C15H15ClN2O3/c1-9-12(4-6-14(16)17-9)15(20)18-11-3-5-13(21-2)10(7-11)8-19/h3-7,19H,8H2,1-2H3,(H,18,20). The Kier molecular flexibility index (Phi) is 4.77. The first-order valence-corrected chi connectivity index (χ1v) is 6.65. The van der Waals surface area contributed by atoms with Gasteiger partial charge in [-0.2, -0.15) is 0 Å². The van der Waals surface area contributed by atoms with Crippen molar-refractivity contribution in [3.05, 3.63) is 52.3 Å². The Labute approximate surface area is 127 Å². The zero-order valence-corrected chi connectivity index (χ0v) is 12.4. The van der Waals surface area contributed by atoms with Gasteiger partial charge in [-0.05, 0) is 37.3 Å². The number of methoxy groups -OCH3 is 1. The number of aliphatic hydroxyl groups is 1. The van der Waals surface area contributed by atoms with Crippen LogP contribution < -0.4 is 10.1 Å². The van der Waals surface area contributed by atoms with Crippen molar-refractivity contribution in [1.82, 2.24) is 4.98 Å². The zero-order chi connectivity index (χ0) is 15.4. The van der Waals surface area contributed by atoms with Gasteiger partial charge < -0.3 is 15.2 Å². The van der Waals surface area contributed by atoms with Crippen LogP contribution in [0.2, 0.25) is 5.15 Å². The Hall–Kier alpha value is -2.11. The fraction of sp³-hybridized carbons (Fsp3) is 0.200. The van der Waals surface area contributed by atoms with Gasteiger partial charge in [0.1, 0.15) is 10.9 Å². The Morgan fingerprint density at radius 2 is 2.14 bits per heavy atom. The van der Waals surface area contributed by atoms with Crippen molar-refractivity contribution in [1.29, 1.82) is 0 Å². The van der Waals surface area contributed by atoms with Crippen molar-refractivity contribution >= 4 is 23.2 Å². The SMILES string of the molecule is COc1ccc(NC(=O)c2ccc(Cl)nc2C)cc1CO. The number of amides is 1. The third-order valence-corrected chi connectivity index (χ3v) is 3.22. The van der Waals surface area contributed by atoms with E-state index in [4.69, 9.17) is 16.3 Å². The van der Waals surface area contributed by atoms with Crippen molar-refractivity contribution < 1.29 is 14.6 Å². The second-order valence-electron chi connectivity index (χ2n) is 4.41. The lowest BCUT2D eigenvalue weighted by Gasteiger charge is -2.11. The molecule has 2 aromatic rings. The van der Waals surface area contributed by atoms with Crippen LogP contribution in [0.25, 0.3) is 0 Å². The van der Waals surface area contributed by atoms with Crippen molar-refractivity contribution in [2.24, 2.45) is 0 Å². The summed E-state index contributed by atoms with van der Waals surface area (Å²) >= 11 is 5.77. The molecule has 2 N–H and O–H groups in total. The molecule has 0 aliphatic rings. The number of aliphatic hydroxyl groups excluding tert-OH is 1. The Morgan fingerprint density at radius 1 is 1.38 bits per heavy atom. The molecule has 6 heteroatoms. The maximum absolute atomic E-state index is 12.2. The van der Waals surface area contributed by atoms with E-state index in [1.54, 1.807) is 37.3 Å². The number of nitrogens with zero attached hydrogens (tertiary/aromatic N) is 1. The zero-order valence-electron chi connectivity index (χ0n) is 11.7. The number of halogens is 1. The lowest BCUT2D eigenvalue weighted by molar-refractivity contribution is 0.102. The summed E-state index contributed by atoms with van der Waals surface area (Å²) in [5.41, 5.74) is 2.16. The topological polar surface area (TPSA) is 71.5 Å². The minimum atomic E-state index is -0.286. The van der Waals surface area contributed by atoms with E-state index in [2.05, 4.69) is 10.3 Å². The first kappa shape index (κ1) is 15.3. The third-order valence-electron chi connectivity index (χ3n) is 3.01. The molecule has 110 valence electrons. The van der Waals surface area contributed by atoms with E-state index >= 15 is 0 Å². The smallest absolute Gasteiger partial charge is 0.257 e. The van der Waals surface area contributed by atoms with E-state index in [0.29, 0.717) is 33.4 Å². The number of benzene rings is 1. The molecule has 0 aliphatic heterocycles. The van der Waals surface area contributed by atoms with Crippen LogP contribution in [0.5, 0.6) is 5.75 Å². The van der Waals surface area contributed by atoms with Crippen LogP contribution in [0.3, 0.4) is 0 Å². The van der Waals surface area contributed by atoms with Gasteiger partial charge in [-0.25, -0.2) is 4.98 Å². The first-order valence-electron chi connectivity index (χ1n) is 6.27. The first-order chi connectivity index (χ1) is 10.0. The van der Waals surface area contributed by atoms with Crippen LogP contribution in [-0.2, 0) is 6.61 Å². The van der Waals surface area contributed by atoms with E-state index in [0.717, 1.165) is 0 Å². The van der Waals surface area contributed by atoms with E-state index in [-0.39, 0.29) is 12.5 Å². The highest BCUT2D eigenvalue weighted by Gasteiger charge is 2.12. The highest BCUT2D eigenvalue weighted by molar-refractivity contribution is 6.29. The van der Waals surface area contributed by atoms with Crippen molar-refractivity contribution in [2.75, 3.05) is 12.4 Å². The largest absolute Gasteiger partial charge is 0.496 e. The summed E-state index contributed by atoms with van der Waals surface area (Å²) in [7, 11) is 1.52. The highest BCUT2D eigenvalue weighted by Crippen LogP contribution is 2.23. The van der Waals surface area contributed by atoms with Gasteiger partial charge in [0.15, 0.2) is 0 Å². The molecule has 5 nitrogen and oxygen atoms in total. The van der Waals surface area contributed by atoms with Crippen LogP contribution in [0, 0.1) is 6.92 Å². The molecule has 1 amide bonds. The molecule has 0 atom stereocenters. The van der Waals surface area contributed by atoms with Crippen molar-refractivity contribution in [3.8, 4) is 5.75 Å². The maximum Gasteiger partial charge on any atom is 0.257 e. The molecule has 0 spiro atoms. The lowest BCUT2D eigenvalue weighted by atomic mass is 10.1. The minimum Gasteiger partial charge on any atom is -0.496 e. The van der Waals surface area contributed by atoms with Crippen LogP contribution in [-0.4, -0.2) is 23.1 Å². The van der Waals surface area contributed by atoms with E-state index in [1.165, 1.54) is 7.11 Å². The fourth-order valence-electron chi connectivity index (χ4n) is 1.95. The molecule has 1 aromatic heterocycles. The number of anilines is 1. The van der Waals surface area contributed by atoms with Gasteiger partial charge in [0, 0.05) is 11.3 Å². The summed E-state index contributed by atoms with van der Waals surface area (Å²) in [6, 6.07) is 8.24. The quantitative estimate of drug-likeness (QED) is 0.852. The van der Waals surface area contributed by atoms with Gasteiger partial charge in [0.05, 0.1) is 25.0 Å². The number of aryl methyl sites for hydroxylation is 1. The molecule has 0 saturated carbocycles. The summed E-state index contributed by atoms with van der Waals surface area (Å²) in [6.45, 7) is 1.54. The predicted molar refractivity (Wildman–Crippen MR) is 80.9 cm³/mol. The number of carbonyl (C=O) groups excluding carboxylic acids is 1. The van der Waals surface area contributed by atoms with Gasteiger partial charge >= 0.3 is 0 Å². The second kappa shape index (κ2) is 6.56. The fourth-order valence-corrected chi connectivity index (χ4v) is 2.14. The third kappa shape index (κ3) is 3.51. The van der Waals surface area contributed by atoms with E-state index < -0.39 is 0 Å². The molecule has 0 bridgehead atoms. The minimum absolute atomic E-state index is 0.172. The Bertz CT molecular complexity index is 674. The number of rotatable bonds is 4. The summed E-state index contributed by atoms with van der Waals surface area (Å²) in [5.74, 6) is 0.283. The average molecular weight is 307 g/mol. The van der Waals surface area contributed by atoms with Gasteiger partial charge in [-0.15, -0.1) is 0 Å². The van der Waals surface area contributed by atoms with Gasteiger partial charge in [0.25, 0.3) is 5.91 Å². The number of ether oxygens (including phenoxy) is 1. The van der Waals surface area contributed by atoms with Crippen molar-refractivity contribution in [2.45, 2.75) is 13.5 Å². The number of aromatic nitrogens is 1. The summed E-state index contributed by atoms with van der Waals surface area (Å²) in [6.07, 6.45) is 0. The molecule has 1 aromatic carbocycles. The van der Waals surface area contributed by atoms with E-state index in [9.17, 15) is 9.90 Å². The normalized spacial score (nSPS) is 10.3. The molecule has 0 aliphatic carbocycles. The predicted octanol–water partition coefficient (Wildman–Crippen LogP) is 2.80. The lowest BCUT2D eigenvalue weighted by Crippen LogP contribution is -2.14. The molecule has 0 fully saturated rings. The average Bonchev–Trinajstić information content (AvgIpc) is 2.46. The number of carbonyl (C=O) groups is 1. The second-order valence-corrected chi connectivity index (χ2v) is 4.79. The molecule has 0 saturated heterocycles. The van der Waals surface area contributed by atoms with Gasteiger partial charge in [-0.3, -0.25) is 4.79 Å². The Morgan fingerprint density at radius 3 is 2.76 bits per heavy atom. The Balaban J connectivity index is 2.23. The van der Waals surface area contributed by atoms with Crippen LogP contribution in [0.4, 0.5) is 5.69 Å². The number of nitrogens with one attached hydrogen (secondary N) is 1. The van der Waals surface area contributed by atoms with Gasteiger partial charge in [0.2, 0.25) is 0 Å². The number of hydrogen-bond acceptors (Lipinski definition) is 4. The molecule has 0 unspecified atom stereocenters. The molecule has 21 heavy (non-hydrogen) atoms. The van der Waals surface area contributed by atoms with E-state index in [1.807, 2.05) is 0 Å². The summed E-state index contributed by atoms with van der Waals surface area (Å²) in [5, 5.41) is 12.4. The molecule has 2 rings (SSSR count). The molecular weight excluding hydrogens is 292 g/mol. The van der Waals surface area contributed by atoms with Crippen LogP contribution in [0.1, 0.15) is 21.6 Å². The maximum atomic E-state index is 12.2. The molecule has 1 heterocycles. The van der Waals surface area contributed by atoms with Gasteiger partial charge in [-0.1, -0.05) is 11.6 Å². The molecule has 0 radical (unpaired) electrons.